The minimum Gasteiger partial charge on any atom is -0.508 e. The molecule has 1 aromatic carbocycles. The van der Waals surface area contributed by atoms with Crippen LogP contribution in [0.4, 0.5) is 5.82 Å². The average Bonchev–Trinajstić information content (AvgIpc) is 3.20. The minimum absolute atomic E-state index is 0.0641. The van der Waals surface area contributed by atoms with Crippen LogP contribution >= 0.6 is 23.2 Å². The van der Waals surface area contributed by atoms with E-state index < -0.39 is 0 Å². The van der Waals surface area contributed by atoms with Gasteiger partial charge in [0.25, 0.3) is 0 Å². The van der Waals surface area contributed by atoms with Crippen LogP contribution in [-0.4, -0.2) is 52.7 Å². The van der Waals surface area contributed by atoms with Gasteiger partial charge >= 0.3 is 0 Å². The maximum atomic E-state index is 12.0. The first-order valence-corrected chi connectivity index (χ1v) is 9.35. The molecule has 0 unspecified atom stereocenters. The smallest absolute Gasteiger partial charge is 0.242 e. The van der Waals surface area contributed by atoms with Gasteiger partial charge in [0.1, 0.15) is 11.6 Å². The molecule has 6 nitrogen and oxygen atoms in total. The van der Waals surface area contributed by atoms with E-state index in [1.807, 2.05) is 18.0 Å². The van der Waals surface area contributed by atoms with Gasteiger partial charge in [0.05, 0.1) is 23.2 Å². The Bertz CT molecular complexity index is 768. The molecule has 2 heterocycles. The van der Waals surface area contributed by atoms with Gasteiger partial charge in [0, 0.05) is 31.9 Å². The Morgan fingerprint density at radius 1 is 1.22 bits per heavy atom. The lowest BCUT2D eigenvalue weighted by Crippen LogP contribution is -2.37. The summed E-state index contributed by atoms with van der Waals surface area (Å²) in [5.41, 5.74) is 0.745. The van der Waals surface area contributed by atoms with Crippen molar-refractivity contribution in [2.75, 3.05) is 31.6 Å². The first-order chi connectivity index (χ1) is 12.9. The molecule has 1 amide bonds. The Morgan fingerprint density at radius 2 is 1.93 bits per heavy atom. The molecule has 1 saturated heterocycles. The number of halogens is 2. The van der Waals surface area contributed by atoms with Crippen molar-refractivity contribution in [3.05, 3.63) is 52.1 Å². The van der Waals surface area contributed by atoms with Gasteiger partial charge in [-0.2, -0.15) is 0 Å². The summed E-state index contributed by atoms with van der Waals surface area (Å²) in [5.74, 6) is 0.932. The van der Waals surface area contributed by atoms with Gasteiger partial charge in [-0.15, -0.1) is 0 Å². The number of phenolic OH excluding ortho intramolecular Hbond substituents is 1. The van der Waals surface area contributed by atoms with Crippen LogP contribution in [0.15, 0.2) is 36.5 Å². The normalized spacial score (nSPS) is 13.1. The molecule has 8 heteroatoms. The van der Waals surface area contributed by atoms with Crippen LogP contribution in [0.3, 0.4) is 0 Å². The number of aliphatic hydroxyl groups is 1. The lowest BCUT2D eigenvalue weighted by Gasteiger charge is -2.23. The first kappa shape index (κ1) is 21.3. The number of carbonyl (C=O) groups excluding carboxylic acids is 1. The van der Waals surface area contributed by atoms with Crippen LogP contribution in [-0.2, 0) is 11.4 Å². The topological polar surface area (TPSA) is 76.9 Å². The molecular weight excluding hydrogens is 389 g/mol. The third-order valence-corrected chi connectivity index (χ3v) is 4.87. The molecule has 2 aromatic rings. The molecule has 0 saturated carbocycles. The molecule has 0 bridgehead atoms. The zero-order valence-corrected chi connectivity index (χ0v) is 16.6. The predicted molar refractivity (Wildman–Crippen MR) is 107 cm³/mol. The number of hydrogen-bond acceptors (Lipinski definition) is 5. The van der Waals surface area contributed by atoms with E-state index in [0.29, 0.717) is 22.4 Å². The summed E-state index contributed by atoms with van der Waals surface area (Å²) in [7, 11) is 1.83. The molecule has 1 fully saturated rings. The zero-order valence-electron chi connectivity index (χ0n) is 15.1. The molecule has 1 aliphatic heterocycles. The number of pyridine rings is 1. The zero-order chi connectivity index (χ0) is 19.8. The quantitative estimate of drug-likeness (QED) is 0.806. The van der Waals surface area contributed by atoms with Crippen molar-refractivity contribution in [2.24, 2.45) is 0 Å². The number of amides is 1. The van der Waals surface area contributed by atoms with Gasteiger partial charge in [-0.05, 0) is 37.1 Å². The highest BCUT2D eigenvalue weighted by Crippen LogP contribution is 2.25. The molecule has 146 valence electrons. The highest BCUT2D eigenvalue weighted by molar-refractivity contribution is 6.42. The fourth-order valence-corrected chi connectivity index (χ4v) is 3.02. The van der Waals surface area contributed by atoms with E-state index in [-0.39, 0.29) is 18.3 Å². The Morgan fingerprint density at radius 3 is 2.52 bits per heavy atom. The lowest BCUT2D eigenvalue weighted by atomic mass is 10.2. The summed E-state index contributed by atoms with van der Waals surface area (Å²) in [6.07, 6.45) is 3.87. The molecule has 2 N–H and O–H groups in total. The van der Waals surface area contributed by atoms with Crippen molar-refractivity contribution in [2.45, 2.75) is 19.4 Å². The Hall–Kier alpha value is -2.02. The molecule has 1 aliphatic rings. The summed E-state index contributed by atoms with van der Waals surface area (Å²) < 4.78 is 0. The number of benzene rings is 1. The highest BCUT2D eigenvalue weighted by Gasteiger charge is 2.20. The highest BCUT2D eigenvalue weighted by atomic mass is 35.5. The van der Waals surface area contributed by atoms with Crippen molar-refractivity contribution >= 4 is 34.9 Å². The second-order valence-corrected chi connectivity index (χ2v) is 7.00. The predicted octanol–water partition coefficient (Wildman–Crippen LogP) is 3.33. The number of aliphatic hydroxyl groups excluding tert-OH is 1. The number of nitrogens with zero attached hydrogens (tertiary/aromatic N) is 3. The van der Waals surface area contributed by atoms with Gasteiger partial charge in [-0.25, -0.2) is 4.98 Å². The van der Waals surface area contributed by atoms with Crippen molar-refractivity contribution < 1.29 is 15.0 Å². The lowest BCUT2D eigenvalue weighted by molar-refractivity contribution is -0.128. The number of likely N-dealkylation sites (tertiary alicyclic amines) is 1. The fourth-order valence-electron chi connectivity index (χ4n) is 2.73. The number of rotatable bonds is 4. The summed E-state index contributed by atoms with van der Waals surface area (Å²) in [6.45, 7) is 1.97. The van der Waals surface area contributed by atoms with Crippen LogP contribution < -0.4 is 4.90 Å². The molecule has 3 rings (SSSR count). The van der Waals surface area contributed by atoms with Crippen molar-refractivity contribution in [3.63, 3.8) is 0 Å². The van der Waals surface area contributed by atoms with E-state index in [9.17, 15) is 9.90 Å². The van der Waals surface area contributed by atoms with E-state index in [0.717, 1.165) is 31.5 Å². The van der Waals surface area contributed by atoms with Gasteiger partial charge < -0.3 is 20.0 Å². The Balaban J connectivity index is 0.000000244. The maximum Gasteiger partial charge on any atom is 0.242 e. The molecule has 0 radical (unpaired) electrons. The Labute approximate surface area is 169 Å². The second-order valence-electron chi connectivity index (χ2n) is 6.19. The molecular formula is C19H23Cl2N3O3. The van der Waals surface area contributed by atoms with Crippen LogP contribution in [0.25, 0.3) is 0 Å². The third kappa shape index (κ3) is 6.27. The third-order valence-electron chi connectivity index (χ3n) is 4.13. The minimum atomic E-state index is -0.0641. The van der Waals surface area contributed by atoms with Crippen LogP contribution in [0.2, 0.25) is 10.0 Å². The summed E-state index contributed by atoms with van der Waals surface area (Å²) >= 11 is 11.1. The van der Waals surface area contributed by atoms with Crippen LogP contribution in [0, 0.1) is 0 Å². The molecule has 1 aromatic heterocycles. The van der Waals surface area contributed by atoms with E-state index in [1.54, 1.807) is 23.2 Å². The summed E-state index contributed by atoms with van der Waals surface area (Å²) in [4.78, 5) is 19.9. The van der Waals surface area contributed by atoms with E-state index in [4.69, 9.17) is 28.3 Å². The molecule has 0 aliphatic carbocycles. The second kappa shape index (κ2) is 10.3. The Kier molecular flexibility index (Phi) is 8.16. The van der Waals surface area contributed by atoms with Gasteiger partial charge in [-0.1, -0.05) is 29.3 Å². The van der Waals surface area contributed by atoms with E-state index in [2.05, 4.69) is 4.98 Å². The molecule has 0 atom stereocenters. The first-order valence-electron chi connectivity index (χ1n) is 8.60. The van der Waals surface area contributed by atoms with Crippen molar-refractivity contribution in [1.29, 1.82) is 0 Å². The van der Waals surface area contributed by atoms with Gasteiger partial charge in [-0.3, -0.25) is 4.79 Å². The van der Waals surface area contributed by atoms with E-state index >= 15 is 0 Å². The number of phenols is 1. The fraction of sp³-hybridized carbons (Fsp3) is 0.368. The average molecular weight is 412 g/mol. The van der Waals surface area contributed by atoms with Crippen molar-refractivity contribution in [3.8, 4) is 5.75 Å². The number of likely N-dealkylation sites (N-methyl/N-ethyl adjacent to an activating group) is 1. The monoisotopic (exact) mass is 411 g/mol. The van der Waals surface area contributed by atoms with E-state index in [1.165, 1.54) is 12.1 Å². The largest absolute Gasteiger partial charge is 0.508 e. The molecule has 0 spiro atoms. The van der Waals surface area contributed by atoms with Crippen LogP contribution in [0.1, 0.15) is 18.4 Å². The van der Waals surface area contributed by atoms with Gasteiger partial charge in [0.15, 0.2) is 0 Å². The van der Waals surface area contributed by atoms with Gasteiger partial charge in [0.2, 0.25) is 5.91 Å². The number of aromatic nitrogens is 1. The van der Waals surface area contributed by atoms with Crippen LogP contribution in [0.5, 0.6) is 5.75 Å². The standard InChI is InChI=1S/C13H19N3O2.C6H4Cl2O/c1-15(9-12(18)16-7-2-3-8-16)13-11(10-17)5-4-6-14-13;7-5-2-1-4(9)3-6(5)8/h4-6,17H,2-3,7-10H2,1H3;1-3,9H. The maximum absolute atomic E-state index is 12.0. The number of hydrogen-bond donors (Lipinski definition) is 2. The number of anilines is 1. The SMILES string of the molecule is CN(CC(=O)N1CCCC1)c1ncccc1CO.Oc1ccc(Cl)c(Cl)c1. The summed E-state index contributed by atoms with van der Waals surface area (Å²) in [6, 6.07) is 8.02. The summed E-state index contributed by atoms with van der Waals surface area (Å²) in [5, 5.41) is 18.9. The molecule has 27 heavy (non-hydrogen) atoms. The number of aromatic hydroxyl groups is 1. The number of carbonyl (C=O) groups is 1. The van der Waals surface area contributed by atoms with Crippen molar-refractivity contribution in [1.82, 2.24) is 9.88 Å².